The molecular weight excluding hydrogens is 569 g/mol. The zero-order valence-electron chi connectivity index (χ0n) is 24.0. The number of rotatable bonds is 9. The summed E-state index contributed by atoms with van der Waals surface area (Å²) in [5, 5.41) is 15.1. The highest BCUT2D eigenvalue weighted by molar-refractivity contribution is 7.07. The number of thiazole rings is 1. The molecule has 1 saturated heterocycles. The van der Waals surface area contributed by atoms with Gasteiger partial charge in [-0.15, -0.1) is 17.8 Å². The van der Waals surface area contributed by atoms with Crippen molar-refractivity contribution in [2.75, 3.05) is 61.4 Å². The number of carbonyl (C=O) groups is 2. The molecule has 222 valence electrons. The van der Waals surface area contributed by atoms with Crippen LogP contribution in [-0.4, -0.2) is 67.6 Å². The summed E-state index contributed by atoms with van der Waals surface area (Å²) in [5.41, 5.74) is 1.36. The number of terminal acetylenes is 1. The smallest absolute Gasteiger partial charge is 0.270 e. The number of para-hydroxylation sites is 1. The van der Waals surface area contributed by atoms with Crippen LogP contribution in [-0.2, 0) is 16.1 Å². The number of anilines is 3. The molecule has 2 aromatic carbocycles. The number of hydrogen-bond acceptors (Lipinski definition) is 8. The molecule has 0 bridgehead atoms. The minimum atomic E-state index is -0.643. The Morgan fingerprint density at radius 3 is 2.58 bits per heavy atom. The predicted molar refractivity (Wildman–Crippen MR) is 167 cm³/mol. The summed E-state index contributed by atoms with van der Waals surface area (Å²) >= 11 is 1.02. The normalized spacial score (nSPS) is 14.4. The van der Waals surface area contributed by atoms with Crippen LogP contribution >= 0.6 is 11.3 Å². The number of benzene rings is 2. The minimum Gasteiger partial charge on any atom is -0.367 e. The van der Waals surface area contributed by atoms with Gasteiger partial charge in [0.05, 0.1) is 18.8 Å². The largest absolute Gasteiger partial charge is 0.367 e. The molecular formula is C31H32FN7O3S. The van der Waals surface area contributed by atoms with Crippen molar-refractivity contribution in [1.82, 2.24) is 14.8 Å². The van der Waals surface area contributed by atoms with Crippen LogP contribution in [0.5, 0.6) is 0 Å². The number of piperazine rings is 1. The van der Waals surface area contributed by atoms with Gasteiger partial charge in [0.1, 0.15) is 21.1 Å². The fourth-order valence-corrected chi connectivity index (χ4v) is 5.74. The third kappa shape index (κ3) is 7.30. The lowest BCUT2D eigenvalue weighted by atomic mass is 10.2. The lowest BCUT2D eigenvalue weighted by molar-refractivity contribution is -0.119. The molecule has 1 aliphatic heterocycles. The predicted octanol–water partition coefficient (Wildman–Crippen LogP) is 1.13. The molecule has 0 atom stereocenters. The van der Waals surface area contributed by atoms with Crippen molar-refractivity contribution in [2.45, 2.75) is 13.5 Å². The highest BCUT2D eigenvalue weighted by Gasteiger charge is 2.22. The molecule has 1 aliphatic rings. The van der Waals surface area contributed by atoms with Gasteiger partial charge >= 0.3 is 0 Å². The van der Waals surface area contributed by atoms with Crippen molar-refractivity contribution >= 4 is 52.0 Å². The second kappa shape index (κ2) is 14.3. The highest BCUT2D eigenvalue weighted by Crippen LogP contribution is 2.21. The molecule has 12 heteroatoms. The lowest BCUT2D eigenvalue weighted by Crippen LogP contribution is -2.50. The number of aromatic nitrogens is 1. The first kappa shape index (κ1) is 31.0. The van der Waals surface area contributed by atoms with Gasteiger partial charge in [-0.05, 0) is 37.3 Å². The number of nitrogens with zero attached hydrogens (tertiary/aromatic N) is 5. The topological polar surface area (TPSA) is 114 Å². The van der Waals surface area contributed by atoms with E-state index in [-0.39, 0.29) is 47.2 Å². The molecule has 3 aromatic rings. The van der Waals surface area contributed by atoms with Gasteiger partial charge in [0.15, 0.2) is 5.57 Å². The second-order valence-corrected chi connectivity index (χ2v) is 10.7. The van der Waals surface area contributed by atoms with Gasteiger partial charge in [0.25, 0.3) is 11.5 Å². The molecule has 10 nitrogen and oxygen atoms in total. The van der Waals surface area contributed by atoms with E-state index in [1.54, 1.807) is 49.2 Å². The molecule has 1 fully saturated rings. The zero-order valence-corrected chi connectivity index (χ0v) is 24.8. The molecule has 2 amide bonds. The fraction of sp³-hybridized carbons (Fsp3) is 0.290. The van der Waals surface area contributed by atoms with Crippen molar-refractivity contribution in [2.24, 2.45) is 0 Å². The Morgan fingerprint density at radius 2 is 1.91 bits per heavy atom. The summed E-state index contributed by atoms with van der Waals surface area (Å²) in [6.45, 7) is 4.74. The molecule has 1 aromatic heterocycles. The number of halogens is 1. The summed E-state index contributed by atoms with van der Waals surface area (Å²) in [4.78, 5) is 44.2. The number of carbonyl (C=O) groups excluding carboxylic acids is 2. The summed E-state index contributed by atoms with van der Waals surface area (Å²) in [6.07, 6.45) is 6.71. The lowest BCUT2D eigenvalue weighted by Gasteiger charge is -2.36. The van der Waals surface area contributed by atoms with Gasteiger partial charge in [-0.2, -0.15) is 5.26 Å². The number of amides is 2. The van der Waals surface area contributed by atoms with Crippen LogP contribution in [0.3, 0.4) is 0 Å². The Kier molecular flexibility index (Phi) is 10.3. The molecule has 0 saturated carbocycles. The Hall–Kier alpha value is -4.91. The SMILES string of the molecule is C#CCNC(=O)/C(C#N)=c1\s/c(=C/Nc2cccc(N(C)C(=O)CN3CCN(c4ccccc4F)CC3)c2)c(=O)n1CC. The van der Waals surface area contributed by atoms with E-state index in [4.69, 9.17) is 6.42 Å². The van der Waals surface area contributed by atoms with Gasteiger partial charge in [0.2, 0.25) is 5.91 Å². The van der Waals surface area contributed by atoms with Gasteiger partial charge < -0.3 is 20.4 Å². The van der Waals surface area contributed by atoms with E-state index in [2.05, 4.69) is 21.5 Å². The number of nitriles is 1. The Balaban J connectivity index is 1.44. The quantitative estimate of drug-likeness (QED) is 0.354. The molecule has 43 heavy (non-hydrogen) atoms. The average molecular weight is 602 g/mol. The Bertz CT molecular complexity index is 1760. The summed E-state index contributed by atoms with van der Waals surface area (Å²) in [6, 6.07) is 15.8. The highest BCUT2D eigenvalue weighted by atomic mass is 32.1. The summed E-state index contributed by atoms with van der Waals surface area (Å²) in [7, 11) is 1.71. The average Bonchev–Trinajstić information content (AvgIpc) is 3.34. The maximum atomic E-state index is 14.2. The Morgan fingerprint density at radius 1 is 1.16 bits per heavy atom. The van der Waals surface area contributed by atoms with Crippen LogP contribution in [0.25, 0.3) is 11.8 Å². The number of hydrogen-bond donors (Lipinski definition) is 2. The minimum absolute atomic E-state index is 0.0360. The van der Waals surface area contributed by atoms with Crippen LogP contribution in [0.2, 0.25) is 0 Å². The number of nitrogens with one attached hydrogen (secondary N) is 2. The van der Waals surface area contributed by atoms with E-state index in [0.717, 1.165) is 11.3 Å². The molecule has 0 aliphatic carbocycles. The van der Waals surface area contributed by atoms with Crippen molar-refractivity contribution in [3.05, 3.63) is 73.9 Å². The zero-order chi connectivity index (χ0) is 30.9. The van der Waals surface area contributed by atoms with Crippen molar-refractivity contribution < 1.29 is 14.0 Å². The maximum absolute atomic E-state index is 14.2. The van der Waals surface area contributed by atoms with Crippen molar-refractivity contribution in [3.63, 3.8) is 0 Å². The number of likely N-dealkylation sites (N-methyl/N-ethyl adjacent to an activating group) is 1. The first-order valence-corrected chi connectivity index (χ1v) is 14.5. The molecule has 0 unspecified atom stereocenters. The van der Waals surface area contributed by atoms with Crippen LogP contribution in [0.15, 0.2) is 53.3 Å². The second-order valence-electron chi connectivity index (χ2n) is 9.70. The van der Waals surface area contributed by atoms with Crippen molar-refractivity contribution in [1.29, 1.82) is 5.26 Å². The first-order valence-electron chi connectivity index (χ1n) is 13.7. The summed E-state index contributed by atoms with van der Waals surface area (Å²) < 4.78 is 16.1. The first-order chi connectivity index (χ1) is 20.8. The van der Waals surface area contributed by atoms with Gasteiger partial charge in [0, 0.05) is 57.3 Å². The fourth-order valence-electron chi connectivity index (χ4n) is 4.66. The van der Waals surface area contributed by atoms with Gasteiger partial charge in [-0.25, -0.2) is 4.39 Å². The van der Waals surface area contributed by atoms with E-state index in [9.17, 15) is 24.0 Å². The Labute approximate surface area is 252 Å². The monoisotopic (exact) mass is 601 g/mol. The third-order valence-electron chi connectivity index (χ3n) is 7.03. The molecule has 4 rings (SSSR count). The van der Waals surface area contributed by atoms with E-state index >= 15 is 0 Å². The van der Waals surface area contributed by atoms with Crippen LogP contribution in [0.4, 0.5) is 21.5 Å². The summed E-state index contributed by atoms with van der Waals surface area (Å²) in [5.74, 6) is 1.31. The van der Waals surface area contributed by atoms with E-state index in [0.29, 0.717) is 47.8 Å². The molecule has 0 radical (unpaired) electrons. The third-order valence-corrected chi connectivity index (χ3v) is 8.16. The van der Waals surface area contributed by atoms with Gasteiger partial charge in [-0.3, -0.25) is 23.9 Å². The van der Waals surface area contributed by atoms with E-state index in [1.165, 1.54) is 16.8 Å². The molecule has 2 heterocycles. The van der Waals surface area contributed by atoms with Crippen molar-refractivity contribution in [3.8, 4) is 18.4 Å². The van der Waals surface area contributed by atoms with E-state index < -0.39 is 5.91 Å². The molecule has 0 spiro atoms. The van der Waals surface area contributed by atoms with Crippen LogP contribution < -0.4 is 35.2 Å². The van der Waals surface area contributed by atoms with Gasteiger partial charge in [-0.1, -0.05) is 24.1 Å². The van der Waals surface area contributed by atoms with Crippen LogP contribution in [0.1, 0.15) is 6.92 Å². The standard InChI is InChI=1S/C31H32FN7O3S/c1-4-13-34-29(41)24(19-33)31-39(5-2)30(42)27(43-31)20-35-22-9-8-10-23(18-22)36(3)28(40)21-37-14-16-38(17-15-37)26-12-7-6-11-25(26)32/h1,6-12,18,20,35H,5,13-17,21H2,2-3H3,(H,34,41)/b27-20+,31-24-. The maximum Gasteiger partial charge on any atom is 0.270 e. The van der Waals surface area contributed by atoms with E-state index in [1.807, 2.05) is 23.1 Å². The van der Waals surface area contributed by atoms with Crippen LogP contribution in [0, 0.1) is 29.5 Å². The molecule has 2 N–H and O–H groups in total.